The zero-order valence-corrected chi connectivity index (χ0v) is 35.2. The second-order valence-corrected chi connectivity index (χ2v) is 14.2. The van der Waals surface area contributed by atoms with Crippen LogP contribution in [0.4, 0.5) is 11.4 Å². The Labute approximate surface area is 348 Å². The molecule has 2 aliphatic rings. The van der Waals surface area contributed by atoms with E-state index in [4.69, 9.17) is 47.4 Å². The second kappa shape index (κ2) is 24.1. The first-order valence-electron chi connectivity index (χ1n) is 20.4. The van der Waals surface area contributed by atoms with Gasteiger partial charge in [0.05, 0.1) is 105 Å². The Kier molecular flexibility index (Phi) is 18.7. The van der Waals surface area contributed by atoms with Crippen molar-refractivity contribution in [3.05, 3.63) is 82.4 Å². The predicted molar refractivity (Wildman–Crippen MR) is 223 cm³/mol. The zero-order valence-electron chi connectivity index (χ0n) is 35.2. The van der Waals surface area contributed by atoms with E-state index >= 15 is 0 Å². The number of ether oxygens (including phenoxy) is 10. The number of carbonyl (C=O) groups excluding carboxylic acids is 2. The molecule has 0 bridgehead atoms. The molecule has 59 heavy (non-hydrogen) atoms. The van der Waals surface area contributed by atoms with Crippen LogP contribution in [0.3, 0.4) is 0 Å². The molecule has 1 N–H and O–H groups in total. The number of esters is 1. The Morgan fingerprint density at radius 3 is 1.39 bits per heavy atom. The standard InChI is InChI=1S/C44H61N3O12/c1-6-14-50-16-18-52-20-22-54-24-26-56-28-29-57-27-25-55-23-21-53-19-17-51-15-13-45-42(48)33-7-10-37-36(30-33)43(49)59-44(37)38-11-8-34(46(2)3)31-40(38)58-41-32-35(47(4)5)9-12-39(41)44/h7-12,30-32H,6,13-29H2,1-5H3,(H,45,48). The van der Waals surface area contributed by atoms with Crippen molar-refractivity contribution in [2.75, 3.05) is 150 Å². The van der Waals surface area contributed by atoms with Gasteiger partial charge >= 0.3 is 5.97 Å². The van der Waals surface area contributed by atoms with E-state index < -0.39 is 11.6 Å². The summed E-state index contributed by atoms with van der Waals surface area (Å²) in [7, 11) is 7.83. The van der Waals surface area contributed by atoms with Crippen LogP contribution in [0.5, 0.6) is 11.5 Å². The van der Waals surface area contributed by atoms with Crippen LogP contribution in [-0.4, -0.2) is 152 Å². The molecule has 3 aromatic rings. The van der Waals surface area contributed by atoms with Gasteiger partial charge in [-0.25, -0.2) is 4.79 Å². The number of nitrogens with one attached hydrogen (secondary N) is 1. The maximum absolute atomic E-state index is 13.6. The van der Waals surface area contributed by atoms with Crippen molar-refractivity contribution in [3.8, 4) is 11.5 Å². The number of fused-ring (bicyclic) bond motifs is 6. The molecule has 0 aromatic heterocycles. The Balaban J connectivity index is 0.936. The van der Waals surface area contributed by atoms with Crippen LogP contribution in [0.15, 0.2) is 54.6 Å². The number of benzene rings is 3. The van der Waals surface area contributed by atoms with Crippen molar-refractivity contribution < 1.29 is 57.0 Å². The SMILES string of the molecule is CCCOCCOCCOCCOCCOCCOCCOCCOCCNC(=O)c1ccc2c(c1)C(=O)OC21c2ccc(N(C)C)cc2Oc2cc(N(C)C)ccc21. The summed E-state index contributed by atoms with van der Waals surface area (Å²) in [6.07, 6.45) is 1.01. The molecule has 2 heterocycles. The normalized spacial score (nSPS) is 13.4. The van der Waals surface area contributed by atoms with Crippen LogP contribution >= 0.6 is 0 Å². The summed E-state index contributed by atoms with van der Waals surface area (Å²) >= 11 is 0. The highest BCUT2D eigenvalue weighted by atomic mass is 16.6. The van der Waals surface area contributed by atoms with Gasteiger partial charge in [0, 0.05) is 87.1 Å². The summed E-state index contributed by atoms with van der Waals surface area (Å²) in [4.78, 5) is 30.7. The van der Waals surface area contributed by atoms with E-state index in [9.17, 15) is 9.59 Å². The molecular weight excluding hydrogens is 762 g/mol. The third-order valence-corrected chi connectivity index (χ3v) is 9.55. The van der Waals surface area contributed by atoms with Gasteiger partial charge < -0.3 is 62.5 Å². The molecule has 2 aliphatic heterocycles. The van der Waals surface area contributed by atoms with Gasteiger partial charge in [-0.15, -0.1) is 0 Å². The van der Waals surface area contributed by atoms with Crippen molar-refractivity contribution in [2.45, 2.75) is 18.9 Å². The van der Waals surface area contributed by atoms with Gasteiger partial charge in [-0.05, 0) is 42.8 Å². The van der Waals surface area contributed by atoms with Gasteiger partial charge in [-0.1, -0.05) is 13.0 Å². The topological polar surface area (TPSA) is 145 Å². The fraction of sp³-hybridized carbons (Fsp3) is 0.545. The van der Waals surface area contributed by atoms with E-state index in [-0.39, 0.29) is 12.5 Å². The quantitative estimate of drug-likeness (QED) is 0.0766. The monoisotopic (exact) mass is 823 g/mol. The average molecular weight is 824 g/mol. The van der Waals surface area contributed by atoms with Crippen LogP contribution in [0.25, 0.3) is 0 Å². The first-order chi connectivity index (χ1) is 28.8. The third kappa shape index (κ3) is 12.8. The molecule has 0 aliphatic carbocycles. The predicted octanol–water partition coefficient (Wildman–Crippen LogP) is 4.66. The summed E-state index contributed by atoms with van der Waals surface area (Å²) in [6, 6.07) is 16.8. The third-order valence-electron chi connectivity index (χ3n) is 9.55. The maximum atomic E-state index is 13.6. The molecule has 15 nitrogen and oxygen atoms in total. The molecule has 3 aromatic carbocycles. The van der Waals surface area contributed by atoms with Crippen molar-refractivity contribution in [1.82, 2.24) is 5.32 Å². The molecule has 5 rings (SSSR count). The van der Waals surface area contributed by atoms with Crippen molar-refractivity contribution in [3.63, 3.8) is 0 Å². The molecular formula is C44H61N3O12. The molecule has 1 spiro atoms. The van der Waals surface area contributed by atoms with Crippen LogP contribution in [0, 0.1) is 0 Å². The van der Waals surface area contributed by atoms with Crippen molar-refractivity contribution >= 4 is 23.3 Å². The minimum Gasteiger partial charge on any atom is -0.456 e. The number of hydrogen-bond acceptors (Lipinski definition) is 14. The van der Waals surface area contributed by atoms with Crippen LogP contribution < -0.4 is 19.9 Å². The fourth-order valence-corrected chi connectivity index (χ4v) is 6.53. The molecule has 1 amide bonds. The van der Waals surface area contributed by atoms with E-state index in [1.807, 2.05) is 74.4 Å². The van der Waals surface area contributed by atoms with E-state index in [1.165, 1.54) is 0 Å². The fourth-order valence-electron chi connectivity index (χ4n) is 6.53. The highest BCUT2D eigenvalue weighted by molar-refractivity contribution is 6.01. The van der Waals surface area contributed by atoms with Gasteiger partial charge in [0.1, 0.15) is 11.5 Å². The molecule has 0 saturated heterocycles. The highest BCUT2D eigenvalue weighted by Crippen LogP contribution is 2.57. The Hall–Kier alpha value is -4.32. The van der Waals surface area contributed by atoms with Gasteiger partial charge in [0.25, 0.3) is 5.91 Å². The van der Waals surface area contributed by atoms with Crippen LogP contribution in [-0.2, 0) is 48.2 Å². The van der Waals surface area contributed by atoms with Gasteiger partial charge in [-0.2, -0.15) is 0 Å². The molecule has 0 unspecified atom stereocenters. The van der Waals surface area contributed by atoms with E-state index in [2.05, 4.69) is 12.2 Å². The lowest BCUT2D eigenvalue weighted by Gasteiger charge is -2.37. The lowest BCUT2D eigenvalue weighted by atomic mass is 9.77. The lowest BCUT2D eigenvalue weighted by Crippen LogP contribution is -2.33. The first kappa shape index (κ1) is 45.8. The number of carbonyl (C=O) groups is 2. The van der Waals surface area contributed by atoms with Crippen molar-refractivity contribution in [2.24, 2.45) is 0 Å². The van der Waals surface area contributed by atoms with Crippen LogP contribution in [0.2, 0.25) is 0 Å². The minimum absolute atomic E-state index is 0.290. The van der Waals surface area contributed by atoms with Gasteiger partial charge in [0.2, 0.25) is 0 Å². The number of nitrogens with zero attached hydrogens (tertiary/aromatic N) is 2. The Morgan fingerprint density at radius 1 is 0.559 bits per heavy atom. The Morgan fingerprint density at radius 2 is 0.966 bits per heavy atom. The smallest absolute Gasteiger partial charge is 0.340 e. The zero-order chi connectivity index (χ0) is 41.9. The number of rotatable bonds is 29. The van der Waals surface area contributed by atoms with Gasteiger partial charge in [0.15, 0.2) is 5.60 Å². The first-order valence-corrected chi connectivity index (χ1v) is 20.4. The molecule has 324 valence electrons. The molecule has 15 heteroatoms. The van der Waals surface area contributed by atoms with Crippen LogP contribution in [0.1, 0.15) is 50.8 Å². The summed E-state index contributed by atoms with van der Waals surface area (Å²) in [5, 5.41) is 2.87. The molecule has 0 fully saturated rings. The average Bonchev–Trinajstić information content (AvgIpc) is 3.52. The number of amides is 1. The summed E-state index contributed by atoms with van der Waals surface area (Å²) < 4.78 is 56.7. The maximum Gasteiger partial charge on any atom is 0.340 e. The lowest BCUT2D eigenvalue weighted by molar-refractivity contribution is -0.0230. The van der Waals surface area contributed by atoms with E-state index in [0.29, 0.717) is 127 Å². The molecule has 0 radical (unpaired) electrons. The molecule has 0 atom stereocenters. The summed E-state index contributed by atoms with van der Waals surface area (Å²) in [5.41, 5.74) is 3.43. The van der Waals surface area contributed by atoms with Gasteiger partial charge in [-0.3, -0.25) is 4.79 Å². The number of anilines is 2. The summed E-state index contributed by atoms with van der Waals surface area (Å²) in [5.74, 6) is 0.368. The van der Waals surface area contributed by atoms with Crippen molar-refractivity contribution in [1.29, 1.82) is 0 Å². The molecule has 0 saturated carbocycles. The minimum atomic E-state index is -1.23. The largest absolute Gasteiger partial charge is 0.456 e. The second-order valence-electron chi connectivity index (χ2n) is 14.2. The van der Waals surface area contributed by atoms with E-state index in [1.54, 1.807) is 18.2 Å². The number of hydrogen-bond donors (Lipinski definition) is 1. The Bertz CT molecular complexity index is 1710. The van der Waals surface area contributed by atoms with E-state index in [0.717, 1.165) is 35.5 Å². The highest BCUT2D eigenvalue weighted by Gasteiger charge is 2.53. The summed E-state index contributed by atoms with van der Waals surface area (Å²) in [6.45, 7) is 10.3.